The van der Waals surface area contributed by atoms with E-state index < -0.39 is 11.7 Å². The van der Waals surface area contributed by atoms with Crippen LogP contribution in [0.5, 0.6) is 5.75 Å². The molecule has 0 aromatic heterocycles. The summed E-state index contributed by atoms with van der Waals surface area (Å²) < 4.78 is 6.05. The summed E-state index contributed by atoms with van der Waals surface area (Å²) in [5.74, 6) is 0.873. The van der Waals surface area contributed by atoms with Crippen LogP contribution in [0.3, 0.4) is 0 Å². The molecule has 0 aliphatic carbocycles. The molecule has 1 aliphatic heterocycles. The minimum Gasteiger partial charge on any atom is -0.485 e. The molecule has 1 fully saturated rings. The maximum atomic E-state index is 12.2. The number of Topliss-reactive ketones (excluding diaryl/α,β-unsaturated/α-hetero) is 1. The summed E-state index contributed by atoms with van der Waals surface area (Å²) in [6.45, 7) is 10.4. The molecule has 152 valence electrons. The number of β-amino-alcohol motifs (C(OH)–C–C–N with tert-alkyl or cyclic N) is 1. The number of benzene rings is 1. The first-order valence-corrected chi connectivity index (χ1v) is 10.4. The van der Waals surface area contributed by atoms with E-state index in [1.54, 1.807) is 0 Å². The van der Waals surface area contributed by atoms with Crippen molar-refractivity contribution in [2.45, 2.75) is 64.6 Å². The lowest BCUT2D eigenvalue weighted by molar-refractivity contribution is -0.0456. The molecule has 2 rings (SSSR count). The average Bonchev–Trinajstić information content (AvgIpc) is 2.66. The smallest absolute Gasteiger partial charge is 0.162 e. The molecule has 1 unspecified atom stereocenters. The van der Waals surface area contributed by atoms with Crippen molar-refractivity contribution in [1.29, 1.82) is 0 Å². The van der Waals surface area contributed by atoms with Crippen LogP contribution in [-0.4, -0.2) is 60.2 Å². The fourth-order valence-electron chi connectivity index (χ4n) is 3.30. The lowest BCUT2D eigenvalue weighted by atomic mass is 10.00. The molecule has 27 heavy (non-hydrogen) atoms. The maximum absolute atomic E-state index is 12.2. The summed E-state index contributed by atoms with van der Waals surface area (Å²) in [4.78, 5) is 14.5. The van der Waals surface area contributed by atoms with Crippen molar-refractivity contribution >= 4 is 5.78 Å². The highest BCUT2D eigenvalue weighted by Crippen LogP contribution is 2.23. The number of carbonyl (C=O) groups excluding carboxylic acids is 1. The van der Waals surface area contributed by atoms with Crippen LogP contribution in [0.1, 0.15) is 63.2 Å². The topological polar surface area (TPSA) is 61.8 Å². The van der Waals surface area contributed by atoms with Crippen LogP contribution in [0, 0.1) is 0 Å². The van der Waals surface area contributed by atoms with Gasteiger partial charge in [-0.1, -0.05) is 26.2 Å². The first-order chi connectivity index (χ1) is 12.9. The summed E-state index contributed by atoms with van der Waals surface area (Å²) in [5.41, 5.74) is 0.0364. The number of carbonyl (C=O) groups is 1. The molecule has 0 saturated carbocycles. The first-order valence-electron chi connectivity index (χ1n) is 10.4. The van der Waals surface area contributed by atoms with Crippen LogP contribution in [0.25, 0.3) is 0 Å². The number of aliphatic hydroxyl groups excluding tert-OH is 1. The first kappa shape index (κ1) is 21.9. The van der Waals surface area contributed by atoms with E-state index >= 15 is 0 Å². The van der Waals surface area contributed by atoms with Gasteiger partial charge >= 0.3 is 0 Å². The van der Waals surface area contributed by atoms with E-state index in [2.05, 4.69) is 17.1 Å². The summed E-state index contributed by atoms with van der Waals surface area (Å²) in [7, 11) is 0. The zero-order valence-corrected chi connectivity index (χ0v) is 17.2. The van der Waals surface area contributed by atoms with Gasteiger partial charge in [-0.05, 0) is 44.5 Å². The van der Waals surface area contributed by atoms with E-state index in [4.69, 9.17) is 4.74 Å². The number of nitrogens with zero attached hydrogens (tertiary/aromatic N) is 1. The van der Waals surface area contributed by atoms with Crippen molar-refractivity contribution in [3.63, 3.8) is 0 Å². The Labute approximate surface area is 164 Å². The molecule has 0 amide bonds. The van der Waals surface area contributed by atoms with Crippen molar-refractivity contribution in [2.75, 3.05) is 32.7 Å². The molecule has 5 nitrogen and oxygen atoms in total. The Morgan fingerprint density at radius 2 is 1.85 bits per heavy atom. The largest absolute Gasteiger partial charge is 0.485 e. The Kier molecular flexibility index (Phi) is 8.74. The quantitative estimate of drug-likeness (QED) is 0.458. The highest BCUT2D eigenvalue weighted by molar-refractivity contribution is 5.96. The van der Waals surface area contributed by atoms with Crippen molar-refractivity contribution in [2.24, 2.45) is 0 Å². The average molecular weight is 377 g/mol. The summed E-state index contributed by atoms with van der Waals surface area (Å²) in [6.07, 6.45) is 4.45. The number of ether oxygens (including phenoxy) is 1. The van der Waals surface area contributed by atoms with Crippen LogP contribution >= 0.6 is 0 Å². The second-order valence-electron chi connectivity index (χ2n) is 8.03. The molecule has 0 spiro atoms. The maximum Gasteiger partial charge on any atom is 0.162 e. The minimum atomic E-state index is -0.698. The monoisotopic (exact) mass is 376 g/mol. The Bertz CT molecular complexity index is 565. The van der Waals surface area contributed by atoms with Gasteiger partial charge in [-0.2, -0.15) is 0 Å². The zero-order chi connectivity index (χ0) is 19.7. The molecule has 1 atom stereocenters. The fourth-order valence-corrected chi connectivity index (χ4v) is 3.30. The number of aliphatic hydroxyl groups is 1. The zero-order valence-electron chi connectivity index (χ0n) is 17.2. The van der Waals surface area contributed by atoms with Crippen LogP contribution in [0.15, 0.2) is 24.3 Å². The van der Waals surface area contributed by atoms with Crippen LogP contribution in [0.4, 0.5) is 0 Å². The molecule has 1 heterocycles. The van der Waals surface area contributed by atoms with Crippen LogP contribution in [0.2, 0.25) is 0 Å². The van der Waals surface area contributed by atoms with Crippen molar-refractivity contribution < 1.29 is 14.6 Å². The minimum absolute atomic E-state index is 0.190. The second-order valence-corrected chi connectivity index (χ2v) is 8.03. The third kappa shape index (κ3) is 7.24. The van der Waals surface area contributed by atoms with Gasteiger partial charge in [-0.25, -0.2) is 0 Å². The number of ketones is 1. The molecule has 5 heteroatoms. The molecule has 0 bridgehead atoms. The molecule has 1 aliphatic rings. The summed E-state index contributed by atoms with van der Waals surface area (Å²) in [5, 5.41) is 14.0. The Morgan fingerprint density at radius 1 is 1.19 bits per heavy atom. The molecule has 1 saturated heterocycles. The predicted molar refractivity (Wildman–Crippen MR) is 110 cm³/mol. The predicted octanol–water partition coefficient (Wildman–Crippen LogP) is 3.26. The molecular formula is C22H36N2O3. The highest BCUT2D eigenvalue weighted by atomic mass is 16.5. The number of unbranched alkanes of at least 4 members (excludes halogenated alkanes) is 3. The summed E-state index contributed by atoms with van der Waals surface area (Å²) in [6, 6.07) is 7.32. The fraction of sp³-hybridized carbons (Fsp3) is 0.682. The Morgan fingerprint density at radius 3 is 2.48 bits per heavy atom. The standard InChI is InChI=1S/C22H36N2O3/c1-4-5-6-7-8-20(25)18-9-11-19(12-10-18)27-22(2,3)21(26)17-24-15-13-23-14-16-24/h9-12,21,23,26H,4-8,13-17H2,1-3H3. The van der Waals surface area contributed by atoms with Crippen molar-refractivity contribution in [3.05, 3.63) is 29.8 Å². The van der Waals surface area contributed by atoms with Gasteiger partial charge in [0.05, 0.1) is 0 Å². The normalized spacial score (nSPS) is 16.9. The number of piperazine rings is 1. The second kappa shape index (κ2) is 10.8. The number of hydrogen-bond acceptors (Lipinski definition) is 5. The molecule has 0 radical (unpaired) electrons. The SMILES string of the molecule is CCCCCCC(=O)c1ccc(OC(C)(C)C(O)CN2CCNCC2)cc1. The van der Waals surface area contributed by atoms with Gasteiger partial charge in [0.2, 0.25) is 0 Å². The van der Waals surface area contributed by atoms with E-state index in [0.29, 0.717) is 18.7 Å². The van der Waals surface area contributed by atoms with E-state index in [1.807, 2.05) is 38.1 Å². The van der Waals surface area contributed by atoms with Crippen molar-refractivity contribution in [1.82, 2.24) is 10.2 Å². The Hall–Kier alpha value is -1.43. The third-order valence-corrected chi connectivity index (χ3v) is 5.26. The lowest BCUT2D eigenvalue weighted by Crippen LogP contribution is -2.52. The number of nitrogens with one attached hydrogen (secondary N) is 1. The molecule has 2 N–H and O–H groups in total. The highest BCUT2D eigenvalue weighted by Gasteiger charge is 2.32. The summed E-state index contributed by atoms with van der Waals surface area (Å²) >= 11 is 0. The third-order valence-electron chi connectivity index (χ3n) is 5.26. The lowest BCUT2D eigenvalue weighted by Gasteiger charge is -2.36. The van der Waals surface area contributed by atoms with E-state index in [9.17, 15) is 9.90 Å². The van der Waals surface area contributed by atoms with E-state index in [1.165, 1.54) is 12.8 Å². The van der Waals surface area contributed by atoms with Crippen molar-refractivity contribution in [3.8, 4) is 5.75 Å². The number of rotatable bonds is 11. The van der Waals surface area contributed by atoms with Gasteiger partial charge < -0.3 is 15.2 Å². The van der Waals surface area contributed by atoms with Gasteiger partial charge in [0.15, 0.2) is 5.78 Å². The molecular weight excluding hydrogens is 340 g/mol. The van der Waals surface area contributed by atoms with Crippen LogP contribution in [-0.2, 0) is 0 Å². The van der Waals surface area contributed by atoms with Gasteiger partial charge in [-0.3, -0.25) is 9.69 Å². The van der Waals surface area contributed by atoms with Crippen LogP contribution < -0.4 is 10.1 Å². The van der Waals surface area contributed by atoms with Gasteiger partial charge in [0.1, 0.15) is 17.5 Å². The number of hydrogen-bond donors (Lipinski definition) is 2. The van der Waals surface area contributed by atoms with E-state index in [0.717, 1.165) is 44.6 Å². The van der Waals surface area contributed by atoms with E-state index in [-0.39, 0.29) is 5.78 Å². The van der Waals surface area contributed by atoms with Gasteiger partial charge in [-0.15, -0.1) is 0 Å². The van der Waals surface area contributed by atoms with Gasteiger partial charge in [0, 0.05) is 44.7 Å². The van der Waals surface area contributed by atoms with Gasteiger partial charge in [0.25, 0.3) is 0 Å². The molecule has 1 aromatic rings. The Balaban J connectivity index is 1.85. The molecule has 1 aromatic carbocycles.